The predicted molar refractivity (Wildman–Crippen MR) is 110 cm³/mol. The molecule has 3 rings (SSSR count). The Bertz CT molecular complexity index is 851. The molecule has 148 valence electrons. The van der Waals surface area contributed by atoms with Crippen molar-refractivity contribution < 1.29 is 14.0 Å². The van der Waals surface area contributed by atoms with Crippen molar-refractivity contribution in [3.05, 3.63) is 59.9 Å². The summed E-state index contributed by atoms with van der Waals surface area (Å²) in [4.78, 5) is 31.0. The number of hydrogen-bond acceptors (Lipinski definition) is 4. The lowest BCUT2D eigenvalue weighted by atomic mass is 10.1. The molecule has 7 heteroatoms. The number of amides is 2. The third-order valence-corrected chi connectivity index (χ3v) is 5.79. The van der Waals surface area contributed by atoms with Crippen LogP contribution in [0.3, 0.4) is 0 Å². The van der Waals surface area contributed by atoms with Gasteiger partial charge in [0.05, 0.1) is 17.0 Å². The van der Waals surface area contributed by atoms with Gasteiger partial charge < -0.3 is 14.7 Å². The minimum Gasteiger partial charge on any atom is -0.366 e. The number of carbonyl (C=O) groups is 2. The number of piperazine rings is 1. The first kappa shape index (κ1) is 20.2. The van der Waals surface area contributed by atoms with Crippen LogP contribution in [0.15, 0.2) is 53.4 Å². The molecule has 1 aliphatic heterocycles. The third-order valence-electron chi connectivity index (χ3n) is 4.73. The third kappa shape index (κ3) is 4.65. The summed E-state index contributed by atoms with van der Waals surface area (Å²) >= 11 is 1.38. The Hall–Kier alpha value is -2.54. The molecular formula is C21H24FN3O2S. The summed E-state index contributed by atoms with van der Waals surface area (Å²) in [6, 6.07) is 14.1. The van der Waals surface area contributed by atoms with Crippen LogP contribution in [0.25, 0.3) is 0 Å². The standard InChI is InChI=1S/C21H24FN3O2S/c1-23(2)20(26)15-28-19-10-6-3-7-16(19)21(27)25-13-11-24(12-14-25)18-9-5-4-8-17(18)22/h3-10H,11-15H2,1-2H3. The zero-order valence-electron chi connectivity index (χ0n) is 16.1. The van der Waals surface area contributed by atoms with E-state index in [-0.39, 0.29) is 17.6 Å². The number of benzene rings is 2. The van der Waals surface area contributed by atoms with Crippen LogP contribution in [0.2, 0.25) is 0 Å². The van der Waals surface area contributed by atoms with Crippen LogP contribution in [0.5, 0.6) is 0 Å². The van der Waals surface area contributed by atoms with E-state index in [1.54, 1.807) is 42.1 Å². The second-order valence-electron chi connectivity index (χ2n) is 6.80. The molecule has 28 heavy (non-hydrogen) atoms. The molecule has 1 saturated heterocycles. The second kappa shape index (κ2) is 9.10. The van der Waals surface area contributed by atoms with Crippen LogP contribution < -0.4 is 4.90 Å². The summed E-state index contributed by atoms with van der Waals surface area (Å²) in [5, 5.41) is 0. The Morgan fingerprint density at radius 3 is 2.32 bits per heavy atom. The van der Waals surface area contributed by atoms with E-state index in [1.807, 2.05) is 29.2 Å². The smallest absolute Gasteiger partial charge is 0.255 e. The summed E-state index contributed by atoms with van der Waals surface area (Å²) in [6.45, 7) is 2.23. The lowest BCUT2D eigenvalue weighted by Crippen LogP contribution is -2.49. The number of para-hydroxylation sites is 1. The van der Waals surface area contributed by atoms with Gasteiger partial charge in [0, 0.05) is 45.2 Å². The van der Waals surface area contributed by atoms with Crippen molar-refractivity contribution in [2.75, 3.05) is 50.9 Å². The molecule has 0 bridgehead atoms. The van der Waals surface area contributed by atoms with Gasteiger partial charge in [-0.25, -0.2) is 4.39 Å². The molecule has 5 nitrogen and oxygen atoms in total. The van der Waals surface area contributed by atoms with Crippen LogP contribution in [0, 0.1) is 5.82 Å². The zero-order chi connectivity index (χ0) is 20.1. The van der Waals surface area contributed by atoms with Gasteiger partial charge in [0.25, 0.3) is 5.91 Å². The molecule has 0 atom stereocenters. The number of carbonyl (C=O) groups excluding carboxylic acids is 2. The van der Waals surface area contributed by atoms with Crippen LogP contribution >= 0.6 is 11.8 Å². The molecule has 0 unspecified atom stereocenters. The van der Waals surface area contributed by atoms with Gasteiger partial charge in [0.15, 0.2) is 0 Å². The Morgan fingerprint density at radius 1 is 1.00 bits per heavy atom. The van der Waals surface area contributed by atoms with Gasteiger partial charge in [-0.2, -0.15) is 0 Å². The van der Waals surface area contributed by atoms with Gasteiger partial charge in [0.1, 0.15) is 5.82 Å². The molecular weight excluding hydrogens is 377 g/mol. The highest BCUT2D eigenvalue weighted by Crippen LogP contribution is 2.25. The number of hydrogen-bond donors (Lipinski definition) is 0. The normalized spacial score (nSPS) is 14.1. The predicted octanol–water partition coefficient (Wildman–Crippen LogP) is 2.97. The summed E-state index contributed by atoms with van der Waals surface area (Å²) in [5.41, 5.74) is 1.19. The van der Waals surface area contributed by atoms with Crippen molar-refractivity contribution in [1.29, 1.82) is 0 Å². The maximum absolute atomic E-state index is 14.0. The SMILES string of the molecule is CN(C)C(=O)CSc1ccccc1C(=O)N1CCN(c2ccccc2F)CC1. The van der Waals surface area contributed by atoms with Crippen molar-refractivity contribution in [2.45, 2.75) is 4.90 Å². The summed E-state index contributed by atoms with van der Waals surface area (Å²) in [6.07, 6.45) is 0. The van der Waals surface area contributed by atoms with E-state index in [1.165, 1.54) is 17.8 Å². The van der Waals surface area contributed by atoms with Gasteiger partial charge in [-0.05, 0) is 24.3 Å². The minimum atomic E-state index is -0.241. The molecule has 0 spiro atoms. The summed E-state index contributed by atoms with van der Waals surface area (Å²) < 4.78 is 14.0. The van der Waals surface area contributed by atoms with Crippen LogP contribution in [0.1, 0.15) is 10.4 Å². The van der Waals surface area contributed by atoms with E-state index < -0.39 is 0 Å². The fraction of sp³-hybridized carbons (Fsp3) is 0.333. The average molecular weight is 402 g/mol. The first-order chi connectivity index (χ1) is 13.5. The van der Waals surface area contributed by atoms with Gasteiger partial charge in [0.2, 0.25) is 5.91 Å². The van der Waals surface area contributed by atoms with Crippen molar-refractivity contribution in [2.24, 2.45) is 0 Å². The topological polar surface area (TPSA) is 43.9 Å². The fourth-order valence-electron chi connectivity index (χ4n) is 3.07. The minimum absolute atomic E-state index is 0.00533. The van der Waals surface area contributed by atoms with E-state index in [2.05, 4.69) is 0 Å². The summed E-state index contributed by atoms with van der Waals surface area (Å²) in [7, 11) is 3.43. The average Bonchev–Trinajstić information content (AvgIpc) is 2.72. The van der Waals surface area contributed by atoms with Crippen LogP contribution in [-0.4, -0.2) is 67.6 Å². The molecule has 2 aromatic rings. The number of halogens is 1. The van der Waals surface area contributed by atoms with Crippen molar-refractivity contribution in [1.82, 2.24) is 9.80 Å². The highest BCUT2D eigenvalue weighted by molar-refractivity contribution is 8.00. The van der Waals surface area contributed by atoms with Crippen molar-refractivity contribution in [3.8, 4) is 0 Å². The maximum Gasteiger partial charge on any atom is 0.255 e. The molecule has 2 aromatic carbocycles. The number of anilines is 1. The van der Waals surface area contributed by atoms with Gasteiger partial charge in [-0.1, -0.05) is 24.3 Å². The molecule has 1 fully saturated rings. The van der Waals surface area contributed by atoms with Gasteiger partial charge in [-0.15, -0.1) is 11.8 Å². The molecule has 2 amide bonds. The molecule has 0 N–H and O–H groups in total. The molecule has 0 aliphatic carbocycles. The zero-order valence-corrected chi connectivity index (χ0v) is 16.9. The van der Waals surface area contributed by atoms with Gasteiger partial charge >= 0.3 is 0 Å². The van der Waals surface area contributed by atoms with Crippen LogP contribution in [-0.2, 0) is 4.79 Å². The Balaban J connectivity index is 1.65. The quantitative estimate of drug-likeness (QED) is 0.723. The van der Waals surface area contributed by atoms with E-state index >= 15 is 0 Å². The van der Waals surface area contributed by atoms with Gasteiger partial charge in [-0.3, -0.25) is 9.59 Å². The highest BCUT2D eigenvalue weighted by Gasteiger charge is 2.25. The van der Waals surface area contributed by atoms with E-state index in [0.29, 0.717) is 43.2 Å². The first-order valence-corrected chi connectivity index (χ1v) is 10.2. The molecule has 1 heterocycles. The Morgan fingerprint density at radius 2 is 1.64 bits per heavy atom. The molecule has 0 aromatic heterocycles. The number of thioether (sulfide) groups is 1. The molecule has 0 radical (unpaired) electrons. The van der Waals surface area contributed by atoms with Crippen molar-refractivity contribution in [3.63, 3.8) is 0 Å². The summed E-state index contributed by atoms with van der Waals surface area (Å²) in [5.74, 6) is 0.00663. The Labute approximate surface area is 169 Å². The number of rotatable bonds is 5. The Kier molecular flexibility index (Phi) is 6.57. The lowest BCUT2D eigenvalue weighted by molar-refractivity contribution is -0.125. The molecule has 1 aliphatic rings. The number of nitrogens with zero attached hydrogens (tertiary/aromatic N) is 3. The van der Waals surface area contributed by atoms with Crippen molar-refractivity contribution >= 4 is 29.3 Å². The lowest BCUT2D eigenvalue weighted by Gasteiger charge is -2.36. The largest absolute Gasteiger partial charge is 0.366 e. The molecule has 0 saturated carbocycles. The highest BCUT2D eigenvalue weighted by atomic mass is 32.2. The first-order valence-electron chi connectivity index (χ1n) is 9.18. The maximum atomic E-state index is 14.0. The second-order valence-corrected chi connectivity index (χ2v) is 7.82. The fourth-order valence-corrected chi connectivity index (χ4v) is 4.09. The van der Waals surface area contributed by atoms with E-state index in [0.717, 1.165) is 4.90 Å². The van der Waals surface area contributed by atoms with E-state index in [9.17, 15) is 14.0 Å². The monoisotopic (exact) mass is 401 g/mol. The van der Waals surface area contributed by atoms with E-state index in [4.69, 9.17) is 0 Å². The van der Waals surface area contributed by atoms with Crippen LogP contribution in [0.4, 0.5) is 10.1 Å².